The van der Waals surface area contributed by atoms with E-state index in [1.54, 1.807) is 4.68 Å². The molecule has 156 valence electrons. The number of aromatic nitrogens is 3. The van der Waals surface area contributed by atoms with Crippen molar-refractivity contribution in [1.29, 1.82) is 0 Å². The summed E-state index contributed by atoms with van der Waals surface area (Å²) in [7, 11) is 0. The first-order valence-electron chi connectivity index (χ1n) is 10.5. The summed E-state index contributed by atoms with van der Waals surface area (Å²) in [6.45, 7) is 4.07. The van der Waals surface area contributed by atoms with Gasteiger partial charge in [0.1, 0.15) is 0 Å². The van der Waals surface area contributed by atoms with Gasteiger partial charge in [0.25, 0.3) is 5.91 Å². The molecule has 1 heterocycles. The number of rotatable bonds is 4. The SMILES string of the molecule is Cc1ccc(C)c(-n2nc(C(=O)Nc3cccc4ccccc34)nc2-c2ccccc2)c1. The number of hydrogen-bond donors (Lipinski definition) is 1. The summed E-state index contributed by atoms with van der Waals surface area (Å²) in [5.41, 5.74) is 4.70. The lowest BCUT2D eigenvalue weighted by Crippen LogP contribution is -2.14. The van der Waals surface area contributed by atoms with Gasteiger partial charge < -0.3 is 5.32 Å². The lowest BCUT2D eigenvalue weighted by molar-refractivity contribution is 0.101. The number of anilines is 1. The fourth-order valence-electron chi connectivity index (χ4n) is 3.81. The second kappa shape index (κ2) is 8.12. The quantitative estimate of drug-likeness (QED) is 0.392. The van der Waals surface area contributed by atoms with Crippen molar-refractivity contribution < 1.29 is 4.79 Å². The molecule has 5 rings (SSSR count). The van der Waals surface area contributed by atoms with E-state index in [1.807, 2.05) is 86.6 Å². The summed E-state index contributed by atoms with van der Waals surface area (Å²) in [5, 5.41) is 9.65. The van der Waals surface area contributed by atoms with Crippen LogP contribution in [-0.4, -0.2) is 20.7 Å². The van der Waals surface area contributed by atoms with Crippen LogP contribution in [0.2, 0.25) is 0 Å². The molecule has 0 aliphatic heterocycles. The Balaban J connectivity index is 1.59. The van der Waals surface area contributed by atoms with Crippen molar-refractivity contribution in [2.24, 2.45) is 0 Å². The number of carbonyl (C=O) groups is 1. The van der Waals surface area contributed by atoms with Gasteiger partial charge >= 0.3 is 0 Å². The maximum atomic E-state index is 13.2. The Morgan fingerprint density at radius 3 is 2.44 bits per heavy atom. The van der Waals surface area contributed by atoms with E-state index in [0.717, 1.165) is 38.8 Å². The smallest absolute Gasteiger partial charge is 0.295 e. The Bertz CT molecular complexity index is 1430. The molecule has 0 aliphatic carbocycles. The van der Waals surface area contributed by atoms with Crippen molar-refractivity contribution in [2.75, 3.05) is 5.32 Å². The number of nitrogens with zero attached hydrogens (tertiary/aromatic N) is 3. The maximum Gasteiger partial charge on any atom is 0.295 e. The number of hydrogen-bond acceptors (Lipinski definition) is 3. The van der Waals surface area contributed by atoms with Gasteiger partial charge in [0.05, 0.1) is 5.69 Å². The number of aryl methyl sites for hydroxylation is 2. The molecule has 5 heteroatoms. The summed E-state index contributed by atoms with van der Waals surface area (Å²) >= 11 is 0. The van der Waals surface area contributed by atoms with E-state index >= 15 is 0 Å². The predicted molar refractivity (Wildman–Crippen MR) is 128 cm³/mol. The first-order valence-corrected chi connectivity index (χ1v) is 10.5. The van der Waals surface area contributed by atoms with Crippen LogP contribution < -0.4 is 5.32 Å². The average molecular weight is 419 g/mol. The number of nitrogens with one attached hydrogen (secondary N) is 1. The highest BCUT2D eigenvalue weighted by Gasteiger charge is 2.20. The first kappa shape index (κ1) is 19.7. The molecular formula is C27H22N4O. The molecule has 0 spiro atoms. The number of amides is 1. The van der Waals surface area contributed by atoms with E-state index in [2.05, 4.69) is 33.6 Å². The van der Waals surface area contributed by atoms with E-state index in [9.17, 15) is 4.79 Å². The highest BCUT2D eigenvalue weighted by atomic mass is 16.2. The van der Waals surface area contributed by atoms with E-state index in [-0.39, 0.29) is 11.7 Å². The van der Waals surface area contributed by atoms with Gasteiger partial charge in [-0.25, -0.2) is 9.67 Å². The number of fused-ring (bicyclic) bond motifs is 1. The van der Waals surface area contributed by atoms with Crippen molar-refractivity contribution >= 4 is 22.4 Å². The molecule has 5 nitrogen and oxygen atoms in total. The maximum absolute atomic E-state index is 13.2. The minimum absolute atomic E-state index is 0.123. The Morgan fingerprint density at radius 2 is 1.59 bits per heavy atom. The number of carbonyl (C=O) groups excluding carboxylic acids is 1. The standard InChI is InChI=1S/C27H22N4O/c1-18-15-16-19(2)24(17-18)31-26(21-10-4-3-5-11-21)29-25(30-31)27(32)28-23-14-8-12-20-9-6-7-13-22(20)23/h3-17H,1-2H3,(H,28,32). The largest absolute Gasteiger partial charge is 0.319 e. The van der Waals surface area contributed by atoms with Crippen LogP contribution in [0.15, 0.2) is 91.0 Å². The van der Waals surface area contributed by atoms with Crippen molar-refractivity contribution in [2.45, 2.75) is 13.8 Å². The zero-order chi connectivity index (χ0) is 22.1. The van der Waals surface area contributed by atoms with E-state index in [0.29, 0.717) is 5.82 Å². The van der Waals surface area contributed by atoms with E-state index in [1.165, 1.54) is 0 Å². The summed E-state index contributed by atoms with van der Waals surface area (Å²) in [6.07, 6.45) is 0. The molecule has 0 radical (unpaired) electrons. The van der Waals surface area contributed by atoms with Gasteiger partial charge in [-0.05, 0) is 42.5 Å². The lowest BCUT2D eigenvalue weighted by Gasteiger charge is -2.10. The minimum atomic E-state index is -0.345. The minimum Gasteiger partial charge on any atom is -0.319 e. The molecule has 0 unspecified atom stereocenters. The van der Waals surface area contributed by atoms with Crippen LogP contribution in [0.3, 0.4) is 0 Å². The molecule has 1 aromatic heterocycles. The molecule has 4 aromatic carbocycles. The Morgan fingerprint density at radius 1 is 0.844 bits per heavy atom. The van der Waals surface area contributed by atoms with Crippen LogP contribution in [-0.2, 0) is 0 Å². The lowest BCUT2D eigenvalue weighted by atomic mass is 10.1. The fourth-order valence-corrected chi connectivity index (χ4v) is 3.81. The average Bonchev–Trinajstić information content (AvgIpc) is 3.27. The van der Waals surface area contributed by atoms with Crippen molar-refractivity contribution in [3.63, 3.8) is 0 Å². The summed E-state index contributed by atoms with van der Waals surface area (Å²) in [6, 6.07) is 29.8. The second-order valence-corrected chi connectivity index (χ2v) is 7.81. The van der Waals surface area contributed by atoms with Crippen LogP contribution in [0.1, 0.15) is 21.7 Å². The molecule has 0 saturated carbocycles. The predicted octanol–water partition coefficient (Wildman–Crippen LogP) is 5.96. The topological polar surface area (TPSA) is 59.8 Å². The second-order valence-electron chi connectivity index (χ2n) is 7.81. The van der Waals surface area contributed by atoms with Crippen LogP contribution in [0.4, 0.5) is 5.69 Å². The van der Waals surface area contributed by atoms with E-state index in [4.69, 9.17) is 0 Å². The fraction of sp³-hybridized carbons (Fsp3) is 0.0741. The van der Waals surface area contributed by atoms with E-state index < -0.39 is 0 Å². The third-order valence-corrected chi connectivity index (χ3v) is 5.47. The summed E-state index contributed by atoms with van der Waals surface area (Å²) < 4.78 is 1.76. The van der Waals surface area contributed by atoms with Crippen LogP contribution >= 0.6 is 0 Å². The van der Waals surface area contributed by atoms with Gasteiger partial charge in [-0.1, -0.05) is 78.9 Å². The van der Waals surface area contributed by atoms with Crippen LogP contribution in [0.5, 0.6) is 0 Å². The Kier molecular flexibility index (Phi) is 5.00. The molecule has 0 fully saturated rings. The summed E-state index contributed by atoms with van der Waals surface area (Å²) in [4.78, 5) is 17.8. The van der Waals surface area contributed by atoms with Gasteiger partial charge in [-0.2, -0.15) is 0 Å². The molecule has 0 bridgehead atoms. The molecule has 1 N–H and O–H groups in total. The van der Waals surface area contributed by atoms with Gasteiger partial charge in [0.15, 0.2) is 5.82 Å². The van der Waals surface area contributed by atoms with Gasteiger partial charge in [0.2, 0.25) is 5.82 Å². The molecule has 0 aliphatic rings. The molecule has 32 heavy (non-hydrogen) atoms. The zero-order valence-corrected chi connectivity index (χ0v) is 17.9. The van der Waals surface area contributed by atoms with Crippen molar-refractivity contribution in [3.05, 3.63) is 108 Å². The van der Waals surface area contributed by atoms with Crippen molar-refractivity contribution in [3.8, 4) is 17.1 Å². The Hall–Kier alpha value is -4.25. The van der Waals surface area contributed by atoms with Gasteiger partial charge in [0, 0.05) is 16.6 Å². The molecule has 0 saturated heterocycles. The van der Waals surface area contributed by atoms with Gasteiger partial charge in [-0.15, -0.1) is 5.10 Å². The third kappa shape index (κ3) is 3.65. The Labute approximate surface area is 186 Å². The molecule has 1 amide bonds. The summed E-state index contributed by atoms with van der Waals surface area (Å²) in [5.74, 6) is 0.405. The number of benzene rings is 4. The normalized spacial score (nSPS) is 10.9. The van der Waals surface area contributed by atoms with Crippen LogP contribution in [0.25, 0.3) is 27.8 Å². The van der Waals surface area contributed by atoms with Gasteiger partial charge in [-0.3, -0.25) is 4.79 Å². The highest BCUT2D eigenvalue weighted by molar-refractivity contribution is 6.07. The molecule has 0 atom stereocenters. The third-order valence-electron chi connectivity index (χ3n) is 5.47. The zero-order valence-electron chi connectivity index (χ0n) is 17.9. The first-order chi connectivity index (χ1) is 15.6. The van der Waals surface area contributed by atoms with Crippen molar-refractivity contribution in [1.82, 2.24) is 14.8 Å². The highest BCUT2D eigenvalue weighted by Crippen LogP contribution is 2.26. The molecule has 5 aromatic rings. The molecular weight excluding hydrogens is 396 g/mol. The van der Waals surface area contributed by atoms with Crippen LogP contribution in [0, 0.1) is 13.8 Å². The monoisotopic (exact) mass is 418 g/mol.